The maximum Gasteiger partial charge on any atom is 0.256 e. The van der Waals surface area contributed by atoms with Crippen LogP contribution in [-0.4, -0.2) is 35.2 Å². The largest absolute Gasteiger partial charge is 0.347 e. The molecule has 2 N–H and O–H groups in total. The van der Waals surface area contributed by atoms with Gasteiger partial charge in [-0.05, 0) is 48.9 Å². The SMILES string of the molecule is Cc1cc(F)ccc1-c1nc(NCc2nn[nH]n2)nc2c1ccc(=O)n2-c1c(F)cccc1F. The third kappa shape index (κ3) is 3.74. The van der Waals surface area contributed by atoms with E-state index in [-0.39, 0.29) is 18.1 Å². The van der Waals surface area contributed by atoms with Gasteiger partial charge in [-0.2, -0.15) is 10.2 Å². The molecule has 5 aromatic rings. The second-order valence-electron chi connectivity index (χ2n) is 7.35. The number of H-pyrrole nitrogens is 1. The fraction of sp³-hybridized carbons (Fsp3) is 0.0909. The van der Waals surface area contributed by atoms with Crippen LogP contribution in [0.25, 0.3) is 28.0 Å². The fourth-order valence-electron chi connectivity index (χ4n) is 3.63. The third-order valence-corrected chi connectivity index (χ3v) is 5.15. The fourth-order valence-corrected chi connectivity index (χ4v) is 3.63. The van der Waals surface area contributed by atoms with Gasteiger partial charge in [0.1, 0.15) is 23.1 Å². The zero-order chi connectivity index (χ0) is 23.8. The molecule has 0 unspecified atom stereocenters. The number of aromatic amines is 1. The van der Waals surface area contributed by atoms with Crippen molar-refractivity contribution in [3.05, 3.63) is 87.7 Å². The molecular weight excluding hydrogens is 449 g/mol. The van der Waals surface area contributed by atoms with Crippen molar-refractivity contribution in [2.45, 2.75) is 13.5 Å². The zero-order valence-corrected chi connectivity index (χ0v) is 17.6. The Labute approximate surface area is 189 Å². The number of aromatic nitrogens is 7. The summed E-state index contributed by atoms with van der Waals surface area (Å²) in [7, 11) is 0. The van der Waals surface area contributed by atoms with Crippen molar-refractivity contribution in [3.8, 4) is 16.9 Å². The highest BCUT2D eigenvalue weighted by atomic mass is 19.1. The highest BCUT2D eigenvalue weighted by molar-refractivity contribution is 5.93. The van der Waals surface area contributed by atoms with Gasteiger partial charge in [0.05, 0.1) is 12.2 Å². The van der Waals surface area contributed by atoms with Crippen LogP contribution in [0.4, 0.5) is 19.1 Å². The highest BCUT2D eigenvalue weighted by Crippen LogP contribution is 2.31. The van der Waals surface area contributed by atoms with Crippen LogP contribution in [0, 0.1) is 24.4 Å². The van der Waals surface area contributed by atoms with Gasteiger partial charge in [0.15, 0.2) is 11.5 Å². The molecule has 0 bridgehead atoms. The average Bonchev–Trinajstić information content (AvgIpc) is 3.32. The predicted octanol–water partition coefficient (Wildman–Crippen LogP) is 3.30. The number of hydrogen-bond acceptors (Lipinski definition) is 7. The summed E-state index contributed by atoms with van der Waals surface area (Å²) in [4.78, 5) is 21.7. The summed E-state index contributed by atoms with van der Waals surface area (Å²) in [5.74, 6) is -1.95. The Kier molecular flexibility index (Phi) is 5.24. The van der Waals surface area contributed by atoms with Crippen LogP contribution >= 0.6 is 0 Å². The number of pyridine rings is 1. The molecule has 0 fully saturated rings. The Hall–Kier alpha value is -4.61. The molecule has 9 nitrogen and oxygen atoms in total. The molecule has 12 heteroatoms. The van der Waals surface area contributed by atoms with Gasteiger partial charge in [-0.25, -0.2) is 18.2 Å². The zero-order valence-electron chi connectivity index (χ0n) is 17.6. The van der Waals surface area contributed by atoms with Crippen LogP contribution in [-0.2, 0) is 6.54 Å². The summed E-state index contributed by atoms with van der Waals surface area (Å²) in [6.45, 7) is 1.78. The first kappa shape index (κ1) is 21.2. The smallest absolute Gasteiger partial charge is 0.256 e. The molecule has 0 atom stereocenters. The maximum atomic E-state index is 14.7. The van der Waals surface area contributed by atoms with E-state index in [0.29, 0.717) is 28.0 Å². The van der Waals surface area contributed by atoms with Crippen LogP contribution in [0.15, 0.2) is 53.3 Å². The van der Waals surface area contributed by atoms with Gasteiger partial charge in [0, 0.05) is 17.0 Å². The van der Waals surface area contributed by atoms with Crippen molar-refractivity contribution in [3.63, 3.8) is 0 Å². The summed E-state index contributed by atoms with van der Waals surface area (Å²) >= 11 is 0. The topological polar surface area (TPSA) is 114 Å². The molecule has 0 aliphatic carbocycles. The van der Waals surface area contributed by atoms with E-state index < -0.39 is 28.7 Å². The lowest BCUT2D eigenvalue weighted by atomic mass is 10.0. The van der Waals surface area contributed by atoms with E-state index in [1.165, 1.54) is 36.4 Å². The molecular formula is C22H15F3N8O. The molecule has 0 amide bonds. The number of halogens is 3. The first-order chi connectivity index (χ1) is 16.4. The number of nitrogens with zero attached hydrogens (tertiary/aromatic N) is 6. The number of nitrogens with one attached hydrogen (secondary N) is 2. The normalized spacial score (nSPS) is 11.2. The summed E-state index contributed by atoms with van der Waals surface area (Å²) in [6, 6.07) is 10.1. The van der Waals surface area contributed by atoms with E-state index in [2.05, 4.69) is 35.9 Å². The number of benzene rings is 2. The van der Waals surface area contributed by atoms with Crippen molar-refractivity contribution in [1.29, 1.82) is 0 Å². The van der Waals surface area contributed by atoms with Gasteiger partial charge in [-0.3, -0.25) is 9.36 Å². The molecule has 0 spiro atoms. The van der Waals surface area contributed by atoms with Crippen LogP contribution in [0.3, 0.4) is 0 Å². The molecule has 0 aliphatic rings. The minimum absolute atomic E-state index is 0.0344. The lowest BCUT2D eigenvalue weighted by molar-refractivity contribution is 0.568. The number of fused-ring (bicyclic) bond motifs is 1. The first-order valence-electron chi connectivity index (χ1n) is 10.0. The predicted molar refractivity (Wildman–Crippen MR) is 117 cm³/mol. The molecule has 5 rings (SSSR count). The monoisotopic (exact) mass is 464 g/mol. The minimum Gasteiger partial charge on any atom is -0.347 e. The summed E-state index contributed by atoms with van der Waals surface area (Å²) in [6.07, 6.45) is 0. The molecule has 0 saturated heterocycles. The van der Waals surface area contributed by atoms with Crippen LogP contribution < -0.4 is 10.9 Å². The molecule has 0 radical (unpaired) electrons. The van der Waals surface area contributed by atoms with Gasteiger partial charge in [-0.15, -0.1) is 10.2 Å². The number of rotatable bonds is 5. The highest BCUT2D eigenvalue weighted by Gasteiger charge is 2.20. The molecule has 34 heavy (non-hydrogen) atoms. The van der Waals surface area contributed by atoms with Crippen molar-refractivity contribution >= 4 is 17.0 Å². The Morgan fingerprint density at radius 3 is 2.53 bits per heavy atom. The van der Waals surface area contributed by atoms with Crippen LogP contribution in [0.1, 0.15) is 11.4 Å². The number of hydrogen-bond donors (Lipinski definition) is 2. The minimum atomic E-state index is -0.936. The van der Waals surface area contributed by atoms with Crippen molar-refractivity contribution < 1.29 is 13.2 Å². The van der Waals surface area contributed by atoms with E-state index in [1.807, 2.05) is 0 Å². The summed E-state index contributed by atoms with van der Waals surface area (Å²) in [5.41, 5.74) is 0.155. The van der Waals surface area contributed by atoms with Crippen molar-refractivity contribution in [2.75, 3.05) is 5.32 Å². The number of aryl methyl sites for hydroxylation is 1. The Morgan fingerprint density at radius 1 is 1.03 bits per heavy atom. The van der Waals surface area contributed by atoms with Crippen molar-refractivity contribution in [2.24, 2.45) is 0 Å². The molecule has 3 heterocycles. The number of anilines is 1. The molecule has 0 aliphatic heterocycles. The van der Waals surface area contributed by atoms with Gasteiger partial charge in [0.25, 0.3) is 5.56 Å². The molecule has 170 valence electrons. The second kappa shape index (κ2) is 8.39. The Balaban J connectivity index is 1.81. The van der Waals surface area contributed by atoms with E-state index in [9.17, 15) is 18.0 Å². The van der Waals surface area contributed by atoms with Gasteiger partial charge >= 0.3 is 0 Å². The molecule has 2 aromatic carbocycles. The molecule has 3 aromatic heterocycles. The molecule has 0 saturated carbocycles. The summed E-state index contributed by atoms with van der Waals surface area (Å²) in [5, 5.41) is 16.7. The van der Waals surface area contributed by atoms with E-state index in [0.717, 1.165) is 16.7 Å². The third-order valence-electron chi connectivity index (χ3n) is 5.15. The van der Waals surface area contributed by atoms with E-state index in [4.69, 9.17) is 0 Å². The number of tetrazole rings is 1. The van der Waals surface area contributed by atoms with Crippen LogP contribution in [0.2, 0.25) is 0 Å². The quantitative estimate of drug-likeness (QED) is 0.410. The van der Waals surface area contributed by atoms with Gasteiger partial charge in [0.2, 0.25) is 5.95 Å². The van der Waals surface area contributed by atoms with E-state index >= 15 is 0 Å². The number of para-hydroxylation sites is 1. The standard InChI is InChI=1S/C22H15F3N8O/c1-11-9-12(23)5-6-13(11)19-14-7-8-18(34)33(20-15(24)3-2-4-16(20)25)21(14)28-22(27-19)26-10-17-29-31-32-30-17/h2-9H,10H2,1H3,(H,26,27,28)(H,29,30,31,32). The lowest BCUT2D eigenvalue weighted by Gasteiger charge is -2.16. The maximum absolute atomic E-state index is 14.7. The van der Waals surface area contributed by atoms with E-state index in [1.54, 1.807) is 6.92 Å². The van der Waals surface area contributed by atoms with Gasteiger partial charge in [-0.1, -0.05) is 11.3 Å². The summed E-state index contributed by atoms with van der Waals surface area (Å²) < 4.78 is 44.0. The first-order valence-corrected chi connectivity index (χ1v) is 10.0. The van der Waals surface area contributed by atoms with Gasteiger partial charge < -0.3 is 5.32 Å². The lowest BCUT2D eigenvalue weighted by Crippen LogP contribution is -2.21. The van der Waals surface area contributed by atoms with Crippen LogP contribution in [0.5, 0.6) is 0 Å². The average molecular weight is 464 g/mol. The Bertz CT molecular complexity index is 1560. The van der Waals surface area contributed by atoms with Crippen molar-refractivity contribution in [1.82, 2.24) is 35.2 Å². The second-order valence-corrected chi connectivity index (χ2v) is 7.35. The Morgan fingerprint density at radius 2 is 1.82 bits per heavy atom.